The first kappa shape index (κ1) is 19.5. The number of urea groups is 1. The minimum Gasteiger partial charge on any atom is -0.465 e. The first-order chi connectivity index (χ1) is 13.5. The number of amides is 2. The summed E-state index contributed by atoms with van der Waals surface area (Å²) in [5, 5.41) is 2.95. The Labute approximate surface area is 165 Å². The highest BCUT2D eigenvalue weighted by molar-refractivity contribution is 5.91. The molecule has 28 heavy (non-hydrogen) atoms. The number of nitrogens with one attached hydrogen (secondary N) is 1. The van der Waals surface area contributed by atoms with Gasteiger partial charge in [0.1, 0.15) is 0 Å². The van der Waals surface area contributed by atoms with E-state index in [0.29, 0.717) is 31.7 Å². The monoisotopic (exact) mass is 382 g/mol. The van der Waals surface area contributed by atoms with Crippen LogP contribution in [0.15, 0.2) is 48.5 Å². The quantitative estimate of drug-likeness (QED) is 0.824. The Kier molecular flexibility index (Phi) is 6.03. The lowest BCUT2D eigenvalue weighted by Crippen LogP contribution is -2.50. The van der Waals surface area contributed by atoms with Crippen LogP contribution >= 0.6 is 0 Å². The van der Waals surface area contributed by atoms with Crippen molar-refractivity contribution in [1.82, 2.24) is 4.90 Å². The number of methoxy groups -OCH3 is 1. The van der Waals surface area contributed by atoms with Crippen LogP contribution in [0.25, 0.3) is 0 Å². The number of hydrogen-bond donors (Lipinski definition) is 1. The molecule has 1 heterocycles. The van der Waals surface area contributed by atoms with E-state index in [1.807, 2.05) is 61.5 Å². The van der Waals surface area contributed by atoms with Gasteiger partial charge in [0.25, 0.3) is 0 Å². The number of ether oxygens (including phenoxy) is 1. The van der Waals surface area contributed by atoms with E-state index in [1.165, 1.54) is 7.11 Å². The molecule has 3 rings (SSSR count). The van der Waals surface area contributed by atoms with Crippen LogP contribution in [-0.2, 0) is 4.74 Å². The first-order valence-electron chi connectivity index (χ1n) is 9.24. The Morgan fingerprint density at radius 2 is 1.68 bits per heavy atom. The van der Waals surface area contributed by atoms with E-state index in [2.05, 4.69) is 10.2 Å². The molecule has 7 nitrogen and oxygen atoms in total. The van der Waals surface area contributed by atoms with Crippen molar-refractivity contribution < 1.29 is 14.3 Å². The molecular formula is C21H26N4O3. The van der Waals surface area contributed by atoms with Gasteiger partial charge in [-0.15, -0.1) is 0 Å². The maximum atomic E-state index is 12.5. The molecule has 1 saturated heterocycles. The topological polar surface area (TPSA) is 65.1 Å². The van der Waals surface area contributed by atoms with Gasteiger partial charge in [-0.2, -0.15) is 0 Å². The van der Waals surface area contributed by atoms with Crippen LogP contribution in [0.1, 0.15) is 10.4 Å². The van der Waals surface area contributed by atoms with Gasteiger partial charge in [-0.25, -0.2) is 9.59 Å². The highest BCUT2D eigenvalue weighted by Crippen LogP contribution is 2.20. The van der Waals surface area contributed by atoms with Gasteiger partial charge in [0, 0.05) is 57.3 Å². The number of hydrogen-bond acceptors (Lipinski definition) is 5. The summed E-state index contributed by atoms with van der Waals surface area (Å²) >= 11 is 0. The van der Waals surface area contributed by atoms with Gasteiger partial charge in [0.2, 0.25) is 0 Å². The van der Waals surface area contributed by atoms with Crippen molar-refractivity contribution in [3.05, 3.63) is 54.1 Å². The van der Waals surface area contributed by atoms with Gasteiger partial charge in [-0.3, -0.25) is 0 Å². The smallest absolute Gasteiger partial charge is 0.337 e. The number of carbonyl (C=O) groups is 2. The van der Waals surface area contributed by atoms with Crippen molar-refractivity contribution in [2.24, 2.45) is 0 Å². The van der Waals surface area contributed by atoms with Crippen LogP contribution in [0, 0.1) is 0 Å². The number of piperazine rings is 1. The lowest BCUT2D eigenvalue weighted by molar-refractivity contribution is 0.0600. The van der Waals surface area contributed by atoms with Gasteiger partial charge >= 0.3 is 12.0 Å². The summed E-state index contributed by atoms with van der Waals surface area (Å²) in [7, 11) is 5.34. The Bertz CT molecular complexity index is 828. The van der Waals surface area contributed by atoms with Gasteiger partial charge in [-0.1, -0.05) is 6.07 Å². The summed E-state index contributed by atoms with van der Waals surface area (Å²) < 4.78 is 4.78. The summed E-state index contributed by atoms with van der Waals surface area (Å²) in [5.41, 5.74) is 3.35. The van der Waals surface area contributed by atoms with E-state index >= 15 is 0 Å². The largest absolute Gasteiger partial charge is 0.465 e. The average Bonchev–Trinajstić information content (AvgIpc) is 2.73. The third kappa shape index (κ3) is 4.54. The molecule has 1 fully saturated rings. The molecule has 1 N–H and O–H groups in total. The summed E-state index contributed by atoms with van der Waals surface area (Å²) in [4.78, 5) is 30.2. The fourth-order valence-corrected chi connectivity index (χ4v) is 3.16. The second-order valence-corrected chi connectivity index (χ2v) is 6.89. The minimum atomic E-state index is -0.347. The maximum Gasteiger partial charge on any atom is 0.337 e. The molecule has 0 bridgehead atoms. The van der Waals surface area contributed by atoms with Crippen LogP contribution in [0.3, 0.4) is 0 Å². The lowest BCUT2D eigenvalue weighted by Gasteiger charge is -2.36. The van der Waals surface area contributed by atoms with E-state index in [1.54, 1.807) is 11.0 Å². The second kappa shape index (κ2) is 8.65. The number of benzene rings is 2. The Morgan fingerprint density at radius 1 is 1.00 bits per heavy atom. The highest BCUT2D eigenvalue weighted by atomic mass is 16.5. The van der Waals surface area contributed by atoms with Crippen molar-refractivity contribution in [1.29, 1.82) is 0 Å². The van der Waals surface area contributed by atoms with Gasteiger partial charge < -0.3 is 24.8 Å². The standard InChI is InChI=1S/C21H26N4O3/c1-23(2)18-9-7-17(8-10-18)22-21(27)25-13-11-24(12-14-25)19-6-4-5-16(15-19)20(26)28-3/h4-10,15H,11-14H2,1-3H3,(H,22,27). The van der Waals surface area contributed by atoms with E-state index < -0.39 is 0 Å². The van der Waals surface area contributed by atoms with Crippen molar-refractivity contribution in [3.63, 3.8) is 0 Å². The predicted octanol–water partition coefficient (Wildman–Crippen LogP) is 2.89. The SMILES string of the molecule is COC(=O)c1cccc(N2CCN(C(=O)Nc3ccc(N(C)C)cc3)CC2)c1. The second-order valence-electron chi connectivity index (χ2n) is 6.89. The van der Waals surface area contributed by atoms with Crippen LogP contribution in [0.2, 0.25) is 0 Å². The molecule has 1 aliphatic heterocycles. The molecule has 2 amide bonds. The van der Waals surface area contributed by atoms with Crippen molar-refractivity contribution in [2.75, 3.05) is 62.5 Å². The zero-order chi connectivity index (χ0) is 20.1. The third-order valence-electron chi connectivity index (χ3n) is 4.83. The summed E-state index contributed by atoms with van der Waals surface area (Å²) in [6.45, 7) is 2.64. The summed E-state index contributed by atoms with van der Waals surface area (Å²) in [5.74, 6) is -0.347. The van der Waals surface area contributed by atoms with Crippen LogP contribution in [-0.4, -0.2) is 64.3 Å². The third-order valence-corrected chi connectivity index (χ3v) is 4.83. The Morgan fingerprint density at radius 3 is 2.29 bits per heavy atom. The molecule has 0 saturated carbocycles. The van der Waals surface area contributed by atoms with Crippen molar-refractivity contribution >= 4 is 29.1 Å². The highest BCUT2D eigenvalue weighted by Gasteiger charge is 2.22. The molecule has 0 atom stereocenters. The molecular weight excluding hydrogens is 356 g/mol. The van der Waals surface area contributed by atoms with E-state index in [0.717, 1.165) is 17.1 Å². The lowest BCUT2D eigenvalue weighted by atomic mass is 10.1. The normalized spacial score (nSPS) is 13.8. The summed E-state index contributed by atoms with van der Waals surface area (Å²) in [6.07, 6.45) is 0. The van der Waals surface area contributed by atoms with Crippen molar-refractivity contribution in [2.45, 2.75) is 0 Å². The summed E-state index contributed by atoms with van der Waals surface area (Å²) in [6, 6.07) is 15.0. The number of carbonyl (C=O) groups excluding carboxylic acids is 2. The number of rotatable bonds is 4. The van der Waals surface area contributed by atoms with Crippen LogP contribution in [0.4, 0.5) is 21.9 Å². The fraction of sp³-hybridized carbons (Fsp3) is 0.333. The molecule has 0 unspecified atom stereocenters. The van der Waals surface area contributed by atoms with Crippen molar-refractivity contribution in [3.8, 4) is 0 Å². The molecule has 2 aromatic carbocycles. The van der Waals surface area contributed by atoms with Gasteiger partial charge in [0.15, 0.2) is 0 Å². The Hall–Kier alpha value is -3.22. The molecule has 7 heteroatoms. The zero-order valence-corrected chi connectivity index (χ0v) is 16.5. The molecule has 1 aliphatic rings. The number of anilines is 3. The van der Waals surface area contributed by atoms with Crippen LogP contribution in [0.5, 0.6) is 0 Å². The predicted molar refractivity (Wildman–Crippen MR) is 111 cm³/mol. The number of nitrogens with zero attached hydrogens (tertiary/aromatic N) is 3. The van der Waals surface area contributed by atoms with E-state index in [9.17, 15) is 9.59 Å². The molecule has 0 aromatic heterocycles. The average molecular weight is 382 g/mol. The van der Waals surface area contributed by atoms with E-state index in [4.69, 9.17) is 4.74 Å². The molecule has 2 aromatic rings. The number of esters is 1. The molecule has 148 valence electrons. The zero-order valence-electron chi connectivity index (χ0n) is 16.5. The van der Waals surface area contributed by atoms with E-state index in [-0.39, 0.29) is 12.0 Å². The fourth-order valence-electron chi connectivity index (χ4n) is 3.16. The molecule has 0 aliphatic carbocycles. The maximum absolute atomic E-state index is 12.5. The van der Waals surface area contributed by atoms with Crippen LogP contribution < -0.4 is 15.1 Å². The van der Waals surface area contributed by atoms with Gasteiger partial charge in [0.05, 0.1) is 12.7 Å². The first-order valence-corrected chi connectivity index (χ1v) is 9.24. The molecule has 0 spiro atoms. The minimum absolute atomic E-state index is 0.0967. The Balaban J connectivity index is 1.56. The molecule has 0 radical (unpaired) electrons. The van der Waals surface area contributed by atoms with Gasteiger partial charge in [-0.05, 0) is 42.5 Å².